The van der Waals surface area contributed by atoms with Crippen LogP contribution in [0.1, 0.15) is 45.6 Å². The first kappa shape index (κ1) is 17.9. The molecule has 0 aromatic carbocycles. The van der Waals surface area contributed by atoms with Crippen molar-refractivity contribution < 1.29 is 4.79 Å². The zero-order valence-electron chi connectivity index (χ0n) is 14.8. The van der Waals surface area contributed by atoms with Crippen LogP contribution in [0.5, 0.6) is 0 Å². The number of nitrogens with two attached hydrogens (primary N) is 1. The molecule has 1 saturated heterocycles. The van der Waals surface area contributed by atoms with Crippen LogP contribution >= 0.6 is 0 Å². The molecule has 0 spiro atoms. The predicted octanol–water partition coefficient (Wildman–Crippen LogP) is 1.45. The third-order valence-electron chi connectivity index (χ3n) is 4.55. The first-order chi connectivity index (χ1) is 11.0. The highest BCUT2D eigenvalue weighted by Crippen LogP contribution is 2.15. The van der Waals surface area contributed by atoms with E-state index in [1.54, 1.807) is 0 Å². The zero-order valence-corrected chi connectivity index (χ0v) is 14.8. The summed E-state index contributed by atoms with van der Waals surface area (Å²) in [5.41, 5.74) is 6.72. The molecule has 1 aliphatic rings. The lowest BCUT2D eigenvalue weighted by Crippen LogP contribution is -2.53. The van der Waals surface area contributed by atoms with Gasteiger partial charge in [-0.3, -0.25) is 14.4 Å². The molecule has 2 N–H and O–H groups in total. The van der Waals surface area contributed by atoms with E-state index in [1.165, 1.54) is 5.56 Å². The summed E-state index contributed by atoms with van der Waals surface area (Å²) >= 11 is 0. The molecule has 1 fully saturated rings. The third kappa shape index (κ3) is 4.78. The number of amides is 1. The van der Waals surface area contributed by atoms with Crippen molar-refractivity contribution in [3.63, 3.8) is 0 Å². The fourth-order valence-corrected chi connectivity index (χ4v) is 3.24. The Kier molecular flexibility index (Phi) is 6.18. The van der Waals surface area contributed by atoms with Gasteiger partial charge in [0.05, 0.1) is 11.7 Å². The number of nitrogens with zero attached hydrogens (tertiary/aromatic N) is 4. The van der Waals surface area contributed by atoms with Crippen LogP contribution < -0.4 is 5.73 Å². The Hall–Kier alpha value is -1.40. The second-order valence-corrected chi connectivity index (χ2v) is 6.79. The molecule has 0 aliphatic carbocycles. The van der Waals surface area contributed by atoms with Gasteiger partial charge in [-0.1, -0.05) is 13.3 Å². The van der Waals surface area contributed by atoms with Crippen LogP contribution in [0.2, 0.25) is 0 Å². The number of hydrogen-bond acceptors (Lipinski definition) is 4. The molecular weight excluding hydrogens is 290 g/mol. The average Bonchev–Trinajstić information content (AvgIpc) is 2.84. The summed E-state index contributed by atoms with van der Waals surface area (Å²) in [6.45, 7) is 11.3. The van der Waals surface area contributed by atoms with Gasteiger partial charge in [-0.25, -0.2) is 0 Å². The molecule has 130 valence electrons. The fourth-order valence-electron chi connectivity index (χ4n) is 3.24. The Morgan fingerprint density at radius 2 is 2.09 bits per heavy atom. The minimum atomic E-state index is -0.730. The Morgan fingerprint density at radius 3 is 2.74 bits per heavy atom. The third-order valence-corrected chi connectivity index (χ3v) is 4.55. The maximum absolute atomic E-state index is 12.6. The summed E-state index contributed by atoms with van der Waals surface area (Å²) in [5.74, 6) is 0.0972. The van der Waals surface area contributed by atoms with Gasteiger partial charge in [0.15, 0.2) is 0 Å². The molecule has 1 aromatic rings. The SMILES string of the molecule is CCCC(C)(N)C(=O)N1CCCN(Cc2cnn(CC)c2)CC1. The van der Waals surface area contributed by atoms with E-state index in [0.29, 0.717) is 0 Å². The van der Waals surface area contributed by atoms with E-state index in [1.807, 2.05) is 22.7 Å². The summed E-state index contributed by atoms with van der Waals surface area (Å²) in [6, 6.07) is 0. The van der Waals surface area contributed by atoms with E-state index in [4.69, 9.17) is 5.73 Å². The van der Waals surface area contributed by atoms with Gasteiger partial charge >= 0.3 is 0 Å². The number of hydrogen-bond donors (Lipinski definition) is 1. The summed E-state index contributed by atoms with van der Waals surface area (Å²) in [7, 11) is 0. The fraction of sp³-hybridized carbons (Fsp3) is 0.765. The van der Waals surface area contributed by atoms with Crippen molar-refractivity contribution in [1.29, 1.82) is 0 Å². The van der Waals surface area contributed by atoms with Crippen molar-refractivity contribution in [2.24, 2.45) is 5.73 Å². The van der Waals surface area contributed by atoms with Crippen LogP contribution in [0, 0.1) is 0 Å². The molecule has 1 amide bonds. The summed E-state index contributed by atoms with van der Waals surface area (Å²) in [6.07, 6.45) is 6.71. The van der Waals surface area contributed by atoms with Gasteiger partial charge in [0.25, 0.3) is 0 Å². The Balaban J connectivity index is 1.90. The van der Waals surface area contributed by atoms with Crippen LogP contribution in [-0.4, -0.2) is 57.2 Å². The smallest absolute Gasteiger partial charge is 0.242 e. The van der Waals surface area contributed by atoms with E-state index in [0.717, 1.165) is 58.5 Å². The molecule has 2 rings (SSSR count). The van der Waals surface area contributed by atoms with Crippen molar-refractivity contribution in [3.8, 4) is 0 Å². The Bertz CT molecular complexity index is 511. The number of rotatable bonds is 6. The van der Waals surface area contributed by atoms with E-state index < -0.39 is 5.54 Å². The lowest BCUT2D eigenvalue weighted by Gasteiger charge is -2.31. The molecule has 2 heterocycles. The first-order valence-electron chi connectivity index (χ1n) is 8.78. The van der Waals surface area contributed by atoms with Gasteiger partial charge in [-0.05, 0) is 26.7 Å². The van der Waals surface area contributed by atoms with Crippen molar-refractivity contribution in [1.82, 2.24) is 19.6 Å². The monoisotopic (exact) mass is 321 g/mol. The van der Waals surface area contributed by atoms with Crippen LogP contribution in [0.3, 0.4) is 0 Å². The number of aryl methyl sites for hydroxylation is 1. The highest BCUT2D eigenvalue weighted by Gasteiger charge is 2.32. The molecule has 6 nitrogen and oxygen atoms in total. The van der Waals surface area contributed by atoms with Crippen molar-refractivity contribution >= 4 is 5.91 Å². The summed E-state index contributed by atoms with van der Waals surface area (Å²) in [4.78, 5) is 17.0. The van der Waals surface area contributed by atoms with Gasteiger partial charge in [0.2, 0.25) is 5.91 Å². The standard InChI is InChI=1S/C17H31N5O/c1-4-7-17(3,18)16(23)21-9-6-8-20(10-11-21)13-15-12-19-22(5-2)14-15/h12,14H,4-11,13,18H2,1-3H3. The maximum atomic E-state index is 12.6. The average molecular weight is 321 g/mol. The Morgan fingerprint density at radius 1 is 1.30 bits per heavy atom. The zero-order chi connectivity index (χ0) is 16.9. The van der Waals surface area contributed by atoms with Gasteiger partial charge in [-0.15, -0.1) is 0 Å². The normalized spacial score (nSPS) is 19.4. The largest absolute Gasteiger partial charge is 0.340 e. The molecule has 0 radical (unpaired) electrons. The topological polar surface area (TPSA) is 67.4 Å². The van der Waals surface area contributed by atoms with Crippen LogP contribution in [-0.2, 0) is 17.9 Å². The van der Waals surface area contributed by atoms with Crippen molar-refractivity contribution in [2.45, 2.75) is 58.7 Å². The maximum Gasteiger partial charge on any atom is 0.242 e. The lowest BCUT2D eigenvalue weighted by molar-refractivity contribution is -0.136. The number of carbonyl (C=O) groups excluding carboxylic acids is 1. The second-order valence-electron chi connectivity index (χ2n) is 6.79. The van der Waals surface area contributed by atoms with E-state index in [2.05, 4.69) is 30.0 Å². The second kappa shape index (κ2) is 7.93. The van der Waals surface area contributed by atoms with Crippen LogP contribution in [0.25, 0.3) is 0 Å². The molecular formula is C17H31N5O. The van der Waals surface area contributed by atoms with Gasteiger partial charge in [0, 0.05) is 51.0 Å². The molecule has 1 atom stereocenters. The molecule has 23 heavy (non-hydrogen) atoms. The first-order valence-corrected chi connectivity index (χ1v) is 8.78. The van der Waals surface area contributed by atoms with Gasteiger partial charge < -0.3 is 10.6 Å². The van der Waals surface area contributed by atoms with E-state index >= 15 is 0 Å². The number of aromatic nitrogens is 2. The highest BCUT2D eigenvalue weighted by molar-refractivity contribution is 5.85. The molecule has 1 aliphatic heterocycles. The van der Waals surface area contributed by atoms with Crippen LogP contribution in [0.15, 0.2) is 12.4 Å². The quantitative estimate of drug-likeness (QED) is 0.861. The van der Waals surface area contributed by atoms with Crippen molar-refractivity contribution in [2.75, 3.05) is 26.2 Å². The summed E-state index contributed by atoms with van der Waals surface area (Å²) in [5, 5.41) is 4.33. The summed E-state index contributed by atoms with van der Waals surface area (Å²) < 4.78 is 1.95. The molecule has 1 aromatic heterocycles. The van der Waals surface area contributed by atoms with Crippen LogP contribution in [0.4, 0.5) is 0 Å². The highest BCUT2D eigenvalue weighted by atomic mass is 16.2. The molecule has 6 heteroatoms. The number of carbonyl (C=O) groups is 1. The minimum Gasteiger partial charge on any atom is -0.340 e. The lowest BCUT2D eigenvalue weighted by atomic mass is 9.95. The predicted molar refractivity (Wildman–Crippen MR) is 91.9 cm³/mol. The Labute approximate surface area is 139 Å². The minimum absolute atomic E-state index is 0.0972. The van der Waals surface area contributed by atoms with E-state index in [-0.39, 0.29) is 5.91 Å². The van der Waals surface area contributed by atoms with E-state index in [9.17, 15) is 4.79 Å². The molecule has 1 unspecified atom stereocenters. The molecule has 0 saturated carbocycles. The molecule has 0 bridgehead atoms. The van der Waals surface area contributed by atoms with Gasteiger partial charge in [-0.2, -0.15) is 5.10 Å². The van der Waals surface area contributed by atoms with Gasteiger partial charge in [0.1, 0.15) is 0 Å². The van der Waals surface area contributed by atoms with Crippen molar-refractivity contribution in [3.05, 3.63) is 18.0 Å².